The van der Waals surface area contributed by atoms with E-state index in [0.29, 0.717) is 24.6 Å². The molecule has 0 aliphatic heterocycles. The molecule has 0 saturated carbocycles. The van der Waals surface area contributed by atoms with Crippen molar-refractivity contribution in [1.29, 1.82) is 0 Å². The van der Waals surface area contributed by atoms with Gasteiger partial charge < -0.3 is 26.2 Å². The minimum Gasteiger partial charge on any atom is -0.493 e. The lowest BCUT2D eigenvalue weighted by molar-refractivity contribution is 0.0911. The molecule has 5 N–H and O–H groups in total. The largest absolute Gasteiger partial charge is 0.493 e. The number of nitrogens with two attached hydrogens (primary N) is 1. The van der Waals surface area contributed by atoms with Gasteiger partial charge in [0.15, 0.2) is 0 Å². The smallest absolute Gasteiger partial charge is 0.255 e. The van der Waals surface area contributed by atoms with Crippen molar-refractivity contribution in [2.45, 2.75) is 19.6 Å². The van der Waals surface area contributed by atoms with Crippen LogP contribution in [0.2, 0.25) is 5.02 Å². The SMILES string of the molecule is CCOc1cc(N)c(Cl)cc1C(=O)NCC(O)CNCc1ccc(F)cc1. The highest BCUT2D eigenvalue weighted by molar-refractivity contribution is 6.33. The van der Waals surface area contributed by atoms with Crippen LogP contribution in [0, 0.1) is 5.82 Å². The maximum absolute atomic E-state index is 12.9. The molecule has 2 aromatic carbocycles. The molecule has 8 heteroatoms. The Morgan fingerprint density at radius 3 is 2.67 bits per heavy atom. The molecular formula is C19H23ClFN3O3. The van der Waals surface area contributed by atoms with Crippen molar-refractivity contribution in [3.05, 3.63) is 58.4 Å². The van der Waals surface area contributed by atoms with Crippen LogP contribution in [-0.2, 0) is 6.54 Å². The Balaban J connectivity index is 1.84. The molecule has 0 aromatic heterocycles. The second-order valence-corrected chi connectivity index (χ2v) is 6.33. The Kier molecular flexibility index (Phi) is 7.84. The van der Waals surface area contributed by atoms with Gasteiger partial charge in [0.2, 0.25) is 0 Å². The quantitative estimate of drug-likeness (QED) is 0.489. The molecule has 0 fully saturated rings. The lowest BCUT2D eigenvalue weighted by Crippen LogP contribution is -2.38. The number of aliphatic hydroxyl groups is 1. The van der Waals surface area contributed by atoms with Gasteiger partial charge in [-0.3, -0.25) is 4.79 Å². The minimum absolute atomic E-state index is 0.0445. The zero-order chi connectivity index (χ0) is 19.8. The second-order valence-electron chi connectivity index (χ2n) is 5.92. The molecule has 0 bridgehead atoms. The van der Waals surface area contributed by atoms with Crippen LogP contribution < -0.4 is 21.1 Å². The number of carbonyl (C=O) groups is 1. The van der Waals surface area contributed by atoms with Crippen LogP contribution in [0.1, 0.15) is 22.8 Å². The Hall–Kier alpha value is -2.35. The van der Waals surface area contributed by atoms with Crippen molar-refractivity contribution in [3.8, 4) is 5.75 Å². The fraction of sp³-hybridized carbons (Fsp3) is 0.316. The fourth-order valence-corrected chi connectivity index (χ4v) is 2.55. The molecule has 2 aromatic rings. The molecule has 0 aliphatic rings. The van der Waals surface area contributed by atoms with Gasteiger partial charge in [0.05, 0.1) is 29.0 Å². The van der Waals surface area contributed by atoms with E-state index in [2.05, 4.69) is 10.6 Å². The Labute approximate surface area is 162 Å². The van der Waals surface area contributed by atoms with Gasteiger partial charge in [0, 0.05) is 25.7 Å². The molecule has 6 nitrogen and oxygen atoms in total. The summed E-state index contributed by atoms with van der Waals surface area (Å²) in [6.07, 6.45) is -0.797. The number of rotatable bonds is 9. The third kappa shape index (κ3) is 6.39. The zero-order valence-electron chi connectivity index (χ0n) is 15.0. The summed E-state index contributed by atoms with van der Waals surface area (Å²) in [6, 6.07) is 9.02. The van der Waals surface area contributed by atoms with Crippen molar-refractivity contribution < 1.29 is 19.0 Å². The average molecular weight is 396 g/mol. The highest BCUT2D eigenvalue weighted by Gasteiger charge is 2.16. The molecule has 2 rings (SSSR count). The van der Waals surface area contributed by atoms with Crippen molar-refractivity contribution in [2.75, 3.05) is 25.4 Å². The highest BCUT2D eigenvalue weighted by atomic mass is 35.5. The van der Waals surface area contributed by atoms with E-state index < -0.39 is 12.0 Å². The maximum Gasteiger partial charge on any atom is 0.255 e. The number of amides is 1. The molecule has 0 heterocycles. The molecule has 1 unspecified atom stereocenters. The number of ether oxygens (including phenoxy) is 1. The molecular weight excluding hydrogens is 373 g/mol. The monoisotopic (exact) mass is 395 g/mol. The molecule has 0 spiro atoms. The van der Waals surface area contributed by atoms with Crippen LogP contribution >= 0.6 is 11.6 Å². The molecule has 0 saturated heterocycles. The van der Waals surface area contributed by atoms with E-state index in [1.807, 2.05) is 0 Å². The summed E-state index contributed by atoms with van der Waals surface area (Å²) in [6.45, 7) is 2.95. The third-order valence-corrected chi connectivity index (χ3v) is 4.09. The fourth-order valence-electron chi connectivity index (χ4n) is 2.38. The third-order valence-electron chi connectivity index (χ3n) is 3.76. The first-order valence-corrected chi connectivity index (χ1v) is 8.91. The highest BCUT2D eigenvalue weighted by Crippen LogP contribution is 2.29. The molecule has 1 atom stereocenters. The summed E-state index contributed by atoms with van der Waals surface area (Å²) in [7, 11) is 0. The zero-order valence-corrected chi connectivity index (χ0v) is 15.7. The Bertz CT molecular complexity index is 772. The number of nitrogen functional groups attached to an aromatic ring is 1. The second kappa shape index (κ2) is 10.1. The van der Waals surface area contributed by atoms with Gasteiger partial charge >= 0.3 is 0 Å². The summed E-state index contributed by atoms with van der Waals surface area (Å²) in [5, 5.41) is 16.0. The lowest BCUT2D eigenvalue weighted by Gasteiger charge is -2.15. The van der Waals surface area contributed by atoms with Gasteiger partial charge in [0.1, 0.15) is 11.6 Å². The van der Waals surface area contributed by atoms with E-state index in [0.717, 1.165) is 5.56 Å². The summed E-state index contributed by atoms with van der Waals surface area (Å²) in [4.78, 5) is 12.4. The summed E-state index contributed by atoms with van der Waals surface area (Å²) in [5.41, 5.74) is 7.21. The minimum atomic E-state index is -0.797. The standard InChI is InChI=1S/C19H23ClFN3O3/c1-2-27-18-8-17(22)16(20)7-15(18)19(26)24-11-14(25)10-23-9-12-3-5-13(21)6-4-12/h3-8,14,23,25H,2,9-11,22H2,1H3,(H,24,26). The summed E-state index contributed by atoms with van der Waals surface area (Å²) in [5.74, 6) is -0.380. The van der Waals surface area contributed by atoms with Crippen LogP contribution in [0.15, 0.2) is 36.4 Å². The maximum atomic E-state index is 12.9. The van der Waals surface area contributed by atoms with Gasteiger partial charge in [-0.2, -0.15) is 0 Å². The van der Waals surface area contributed by atoms with Crippen LogP contribution in [0.4, 0.5) is 10.1 Å². The van der Waals surface area contributed by atoms with Crippen LogP contribution in [0.3, 0.4) is 0 Å². The van der Waals surface area contributed by atoms with Crippen molar-refractivity contribution in [3.63, 3.8) is 0 Å². The average Bonchev–Trinajstić information content (AvgIpc) is 2.64. The van der Waals surface area contributed by atoms with E-state index in [4.69, 9.17) is 22.1 Å². The molecule has 0 aliphatic carbocycles. The van der Waals surface area contributed by atoms with Crippen LogP contribution in [0.25, 0.3) is 0 Å². The number of hydrogen-bond acceptors (Lipinski definition) is 5. The molecule has 146 valence electrons. The number of anilines is 1. The lowest BCUT2D eigenvalue weighted by atomic mass is 10.1. The number of benzene rings is 2. The van der Waals surface area contributed by atoms with E-state index >= 15 is 0 Å². The molecule has 27 heavy (non-hydrogen) atoms. The van der Waals surface area contributed by atoms with E-state index in [1.165, 1.54) is 24.3 Å². The topological polar surface area (TPSA) is 96.6 Å². The Morgan fingerprint density at radius 2 is 2.00 bits per heavy atom. The van der Waals surface area contributed by atoms with Gasteiger partial charge in [0.25, 0.3) is 5.91 Å². The van der Waals surface area contributed by atoms with Crippen molar-refractivity contribution >= 4 is 23.2 Å². The van der Waals surface area contributed by atoms with Gasteiger partial charge in [-0.1, -0.05) is 23.7 Å². The number of hydrogen-bond donors (Lipinski definition) is 4. The normalized spacial score (nSPS) is 11.9. The van der Waals surface area contributed by atoms with Crippen LogP contribution in [0.5, 0.6) is 5.75 Å². The first-order valence-electron chi connectivity index (χ1n) is 8.54. The Morgan fingerprint density at radius 1 is 1.30 bits per heavy atom. The van der Waals surface area contributed by atoms with E-state index in [9.17, 15) is 14.3 Å². The van der Waals surface area contributed by atoms with Gasteiger partial charge in [-0.15, -0.1) is 0 Å². The predicted molar refractivity (Wildman–Crippen MR) is 103 cm³/mol. The number of nitrogens with one attached hydrogen (secondary N) is 2. The van der Waals surface area contributed by atoms with E-state index in [-0.39, 0.29) is 29.5 Å². The molecule has 1 amide bonds. The first-order chi connectivity index (χ1) is 12.9. The number of carbonyl (C=O) groups excluding carboxylic acids is 1. The van der Waals surface area contributed by atoms with Crippen molar-refractivity contribution in [2.24, 2.45) is 0 Å². The summed E-state index contributed by atoms with van der Waals surface area (Å²) >= 11 is 5.99. The van der Waals surface area contributed by atoms with Crippen molar-refractivity contribution in [1.82, 2.24) is 10.6 Å². The van der Waals surface area contributed by atoms with Crippen LogP contribution in [-0.4, -0.2) is 36.8 Å². The predicted octanol–water partition coefficient (Wildman–Crippen LogP) is 2.34. The van der Waals surface area contributed by atoms with Gasteiger partial charge in [-0.25, -0.2) is 4.39 Å². The summed E-state index contributed by atoms with van der Waals surface area (Å²) < 4.78 is 18.3. The number of aliphatic hydroxyl groups excluding tert-OH is 1. The van der Waals surface area contributed by atoms with E-state index in [1.54, 1.807) is 19.1 Å². The first kappa shape index (κ1) is 21.0. The van der Waals surface area contributed by atoms with Gasteiger partial charge in [-0.05, 0) is 30.7 Å². The molecule has 0 radical (unpaired) electrons. The number of halogens is 2.